The summed E-state index contributed by atoms with van der Waals surface area (Å²) < 4.78 is 11.1. The maximum absolute atomic E-state index is 12.8. The normalized spacial score (nSPS) is 14.5. The first-order valence-corrected chi connectivity index (χ1v) is 8.77. The molecule has 1 aliphatic rings. The number of H-pyrrole nitrogens is 1. The Hall–Kier alpha value is -2.40. The van der Waals surface area contributed by atoms with E-state index in [-0.39, 0.29) is 11.0 Å². The lowest BCUT2D eigenvalue weighted by Gasteiger charge is -2.19. The molecule has 0 radical (unpaired) electrons. The van der Waals surface area contributed by atoms with Gasteiger partial charge in [-0.3, -0.25) is 4.79 Å². The number of thioether (sulfide) groups is 1. The van der Waals surface area contributed by atoms with Gasteiger partial charge in [-0.2, -0.15) is 0 Å². The summed E-state index contributed by atoms with van der Waals surface area (Å²) in [5.74, 6) is 1.63. The predicted molar refractivity (Wildman–Crippen MR) is 95.4 cm³/mol. The van der Waals surface area contributed by atoms with Crippen molar-refractivity contribution in [1.82, 2.24) is 4.98 Å². The summed E-state index contributed by atoms with van der Waals surface area (Å²) in [6.07, 6.45) is 1.80. The van der Waals surface area contributed by atoms with E-state index in [0.717, 1.165) is 32.9 Å². The van der Waals surface area contributed by atoms with Gasteiger partial charge in [0.2, 0.25) is 0 Å². The molecule has 1 N–H and O–H groups in total. The summed E-state index contributed by atoms with van der Waals surface area (Å²) in [6.45, 7) is 3.07. The second-order valence-corrected chi connectivity index (χ2v) is 7.09. The fraction of sp³-hybridized carbons (Fsp3) is 0.211. The molecule has 3 aromatic rings. The molecule has 4 rings (SSSR count). The van der Waals surface area contributed by atoms with E-state index in [1.165, 1.54) is 11.8 Å². The van der Waals surface area contributed by atoms with E-state index in [0.29, 0.717) is 13.2 Å². The van der Waals surface area contributed by atoms with Crippen LogP contribution in [-0.4, -0.2) is 29.2 Å². The lowest BCUT2D eigenvalue weighted by atomic mass is 10.1. The second kappa shape index (κ2) is 6.24. The van der Waals surface area contributed by atoms with Gasteiger partial charge in [-0.15, -0.1) is 11.8 Å². The summed E-state index contributed by atoms with van der Waals surface area (Å²) in [7, 11) is 0. The van der Waals surface area contributed by atoms with Crippen molar-refractivity contribution in [3.63, 3.8) is 0 Å². The van der Waals surface area contributed by atoms with Crippen LogP contribution in [0.5, 0.6) is 11.5 Å². The molecule has 1 aliphatic heterocycles. The smallest absolute Gasteiger partial charge is 0.178 e. The molecule has 0 aliphatic carbocycles. The molecule has 1 unspecified atom stereocenters. The second-order valence-electron chi connectivity index (χ2n) is 5.68. The van der Waals surface area contributed by atoms with Gasteiger partial charge >= 0.3 is 0 Å². The van der Waals surface area contributed by atoms with Gasteiger partial charge in [0.05, 0.1) is 5.25 Å². The van der Waals surface area contributed by atoms with Crippen molar-refractivity contribution in [2.45, 2.75) is 17.1 Å². The van der Waals surface area contributed by atoms with Crippen molar-refractivity contribution in [1.29, 1.82) is 0 Å². The Morgan fingerprint density at radius 2 is 1.92 bits per heavy atom. The van der Waals surface area contributed by atoms with Gasteiger partial charge in [-0.1, -0.05) is 18.2 Å². The molecule has 1 atom stereocenters. The summed E-state index contributed by atoms with van der Waals surface area (Å²) in [5, 5.41) is 0.781. The first kappa shape index (κ1) is 15.1. The Morgan fingerprint density at radius 1 is 1.12 bits per heavy atom. The molecule has 24 heavy (non-hydrogen) atoms. The first-order chi connectivity index (χ1) is 11.7. The Balaban J connectivity index is 1.55. The molecular weight excluding hydrogens is 322 g/mol. The minimum atomic E-state index is -0.188. The van der Waals surface area contributed by atoms with Crippen molar-refractivity contribution in [2.24, 2.45) is 0 Å². The number of ether oxygens (including phenoxy) is 2. The number of fused-ring (bicyclic) bond motifs is 2. The Kier molecular flexibility index (Phi) is 3.94. The lowest BCUT2D eigenvalue weighted by Crippen LogP contribution is -2.15. The molecule has 0 amide bonds. The standard InChI is InChI=1S/C19H17NO3S/c1-12(19(21)15-11-20-16-5-3-2-4-14(15)16)24-13-6-7-17-18(10-13)23-9-8-22-17/h2-7,10-12,20H,8-9H2,1H3. The monoisotopic (exact) mass is 339 g/mol. The third kappa shape index (κ3) is 2.76. The van der Waals surface area contributed by atoms with Gasteiger partial charge in [-0.05, 0) is 31.2 Å². The van der Waals surface area contributed by atoms with Crippen LogP contribution < -0.4 is 9.47 Å². The van der Waals surface area contributed by atoms with Crippen molar-refractivity contribution in [3.8, 4) is 11.5 Å². The zero-order valence-electron chi connectivity index (χ0n) is 13.2. The number of Topliss-reactive ketones (excluding diaryl/α,β-unsaturated/α-hetero) is 1. The number of para-hydroxylation sites is 1. The number of ketones is 1. The number of carbonyl (C=O) groups is 1. The number of hydrogen-bond acceptors (Lipinski definition) is 4. The Bertz CT molecular complexity index is 903. The zero-order valence-corrected chi connectivity index (χ0v) is 14.1. The maximum atomic E-state index is 12.8. The average Bonchev–Trinajstić information content (AvgIpc) is 3.05. The van der Waals surface area contributed by atoms with Gasteiger partial charge in [-0.25, -0.2) is 0 Å². The molecule has 0 bridgehead atoms. The highest BCUT2D eigenvalue weighted by Gasteiger charge is 2.21. The number of benzene rings is 2. The number of rotatable bonds is 4. The third-order valence-corrected chi connectivity index (χ3v) is 5.14. The fourth-order valence-corrected chi connectivity index (χ4v) is 3.81. The van der Waals surface area contributed by atoms with Crippen LogP contribution in [-0.2, 0) is 0 Å². The van der Waals surface area contributed by atoms with E-state index >= 15 is 0 Å². The minimum Gasteiger partial charge on any atom is -0.486 e. The molecule has 2 aromatic carbocycles. The van der Waals surface area contributed by atoms with E-state index in [2.05, 4.69) is 4.98 Å². The van der Waals surface area contributed by atoms with Crippen LogP contribution in [0, 0.1) is 0 Å². The van der Waals surface area contributed by atoms with Crippen LogP contribution in [0.4, 0.5) is 0 Å². The fourth-order valence-electron chi connectivity index (χ4n) is 2.85. The van der Waals surface area contributed by atoms with Crippen LogP contribution in [0.1, 0.15) is 17.3 Å². The van der Waals surface area contributed by atoms with Gasteiger partial charge in [0.1, 0.15) is 13.2 Å². The van der Waals surface area contributed by atoms with Crippen molar-refractivity contribution in [3.05, 3.63) is 54.2 Å². The van der Waals surface area contributed by atoms with E-state index < -0.39 is 0 Å². The zero-order chi connectivity index (χ0) is 16.5. The van der Waals surface area contributed by atoms with Crippen molar-refractivity contribution in [2.75, 3.05) is 13.2 Å². The Labute approximate surface area is 144 Å². The van der Waals surface area contributed by atoms with Crippen LogP contribution >= 0.6 is 11.8 Å². The molecular formula is C19H17NO3S. The first-order valence-electron chi connectivity index (χ1n) is 7.89. The highest BCUT2D eigenvalue weighted by atomic mass is 32.2. The predicted octanol–water partition coefficient (Wildman–Crippen LogP) is 4.30. The molecule has 122 valence electrons. The number of aromatic amines is 1. The summed E-state index contributed by atoms with van der Waals surface area (Å²) in [4.78, 5) is 17.0. The highest BCUT2D eigenvalue weighted by molar-refractivity contribution is 8.00. The largest absolute Gasteiger partial charge is 0.486 e. The quantitative estimate of drug-likeness (QED) is 0.569. The molecule has 5 heteroatoms. The highest BCUT2D eigenvalue weighted by Crippen LogP contribution is 2.36. The molecule has 4 nitrogen and oxygen atoms in total. The molecule has 1 aromatic heterocycles. The van der Waals surface area contributed by atoms with Crippen LogP contribution in [0.3, 0.4) is 0 Å². The molecule has 0 saturated heterocycles. The lowest BCUT2D eigenvalue weighted by molar-refractivity contribution is 0.0995. The van der Waals surface area contributed by atoms with E-state index in [9.17, 15) is 4.79 Å². The molecule has 2 heterocycles. The number of aromatic nitrogens is 1. The third-order valence-electron chi connectivity index (χ3n) is 4.05. The van der Waals surface area contributed by atoms with Gasteiger partial charge in [0.25, 0.3) is 0 Å². The van der Waals surface area contributed by atoms with E-state index in [1.54, 1.807) is 6.20 Å². The summed E-state index contributed by atoms with van der Waals surface area (Å²) >= 11 is 1.53. The number of hydrogen-bond donors (Lipinski definition) is 1. The summed E-state index contributed by atoms with van der Waals surface area (Å²) in [6, 6.07) is 13.7. The maximum Gasteiger partial charge on any atom is 0.178 e. The SMILES string of the molecule is CC(Sc1ccc2c(c1)OCCO2)C(=O)c1c[nH]c2ccccc12. The van der Waals surface area contributed by atoms with E-state index in [4.69, 9.17) is 9.47 Å². The van der Waals surface area contributed by atoms with Crippen LogP contribution in [0.25, 0.3) is 10.9 Å². The molecule has 0 saturated carbocycles. The van der Waals surface area contributed by atoms with Crippen molar-refractivity contribution < 1.29 is 14.3 Å². The molecule has 0 spiro atoms. The summed E-state index contributed by atoms with van der Waals surface area (Å²) in [5.41, 5.74) is 1.72. The topological polar surface area (TPSA) is 51.3 Å². The minimum absolute atomic E-state index is 0.118. The molecule has 0 fully saturated rings. The van der Waals surface area contributed by atoms with Crippen LogP contribution in [0.2, 0.25) is 0 Å². The van der Waals surface area contributed by atoms with Gasteiger partial charge in [0.15, 0.2) is 17.3 Å². The van der Waals surface area contributed by atoms with Gasteiger partial charge < -0.3 is 14.5 Å². The van der Waals surface area contributed by atoms with Crippen LogP contribution in [0.15, 0.2) is 53.6 Å². The Morgan fingerprint density at radius 3 is 2.79 bits per heavy atom. The number of carbonyl (C=O) groups excluding carboxylic acids is 1. The van der Waals surface area contributed by atoms with E-state index in [1.807, 2.05) is 49.4 Å². The number of nitrogens with one attached hydrogen (secondary N) is 1. The van der Waals surface area contributed by atoms with Crippen molar-refractivity contribution >= 4 is 28.4 Å². The van der Waals surface area contributed by atoms with Gasteiger partial charge in [0, 0.05) is 27.6 Å². The average molecular weight is 339 g/mol.